The lowest BCUT2D eigenvalue weighted by atomic mass is 10.1. The molecule has 3 aromatic rings. The van der Waals surface area contributed by atoms with Gasteiger partial charge in [-0.3, -0.25) is 9.78 Å². The van der Waals surface area contributed by atoms with Crippen LogP contribution in [0.15, 0.2) is 60.8 Å². The van der Waals surface area contributed by atoms with Gasteiger partial charge in [0.15, 0.2) is 0 Å². The van der Waals surface area contributed by atoms with E-state index in [0.717, 1.165) is 23.6 Å². The van der Waals surface area contributed by atoms with Crippen LogP contribution < -0.4 is 25.6 Å². The van der Waals surface area contributed by atoms with Crippen molar-refractivity contribution >= 4 is 23.0 Å². The number of fused-ring (bicyclic) bond motifs is 1. The number of nitrogens with one attached hydrogen (secondary N) is 3. The summed E-state index contributed by atoms with van der Waals surface area (Å²) in [5, 5.41) is 9.62. The van der Waals surface area contributed by atoms with E-state index in [0.29, 0.717) is 17.2 Å². The largest absolute Gasteiger partial charge is 0.457 e. The van der Waals surface area contributed by atoms with Gasteiger partial charge < -0.3 is 25.6 Å². The molecule has 1 atom stereocenters. The van der Waals surface area contributed by atoms with E-state index in [1.54, 1.807) is 25.4 Å². The summed E-state index contributed by atoms with van der Waals surface area (Å²) in [6.07, 6.45) is 1.69. The number of likely N-dealkylation sites (N-methyl/N-ethyl adjacent to an activating group) is 1. The van der Waals surface area contributed by atoms with Gasteiger partial charge in [0.1, 0.15) is 23.4 Å². The zero-order valence-electron chi connectivity index (χ0n) is 17.3. The van der Waals surface area contributed by atoms with Gasteiger partial charge in [0, 0.05) is 38.1 Å². The molecule has 30 heavy (non-hydrogen) atoms. The number of hydrogen-bond acceptors (Lipinski definition) is 6. The molecular weight excluding hydrogens is 378 g/mol. The minimum Gasteiger partial charge on any atom is -0.457 e. The molecule has 4 rings (SSSR count). The van der Waals surface area contributed by atoms with E-state index in [4.69, 9.17) is 4.74 Å². The molecule has 0 radical (unpaired) electrons. The van der Waals surface area contributed by atoms with E-state index in [1.807, 2.05) is 18.2 Å². The molecule has 0 saturated heterocycles. The van der Waals surface area contributed by atoms with Crippen LogP contribution in [0.5, 0.6) is 11.5 Å². The maximum absolute atomic E-state index is 11.8. The van der Waals surface area contributed by atoms with Gasteiger partial charge in [0.05, 0.1) is 17.9 Å². The van der Waals surface area contributed by atoms with E-state index in [-0.39, 0.29) is 12.1 Å². The molecule has 0 aliphatic carbocycles. The highest BCUT2D eigenvalue weighted by molar-refractivity contribution is 5.92. The first kappa shape index (κ1) is 19.6. The summed E-state index contributed by atoms with van der Waals surface area (Å²) in [6, 6.07) is 17.6. The highest BCUT2D eigenvalue weighted by Gasteiger charge is 2.23. The lowest BCUT2D eigenvalue weighted by molar-refractivity contribution is 0.0958. The van der Waals surface area contributed by atoms with Gasteiger partial charge >= 0.3 is 0 Å². The number of hydrogen-bond donors (Lipinski definition) is 3. The van der Waals surface area contributed by atoms with Crippen molar-refractivity contribution in [3.8, 4) is 11.5 Å². The number of ether oxygens (including phenoxy) is 1. The van der Waals surface area contributed by atoms with Gasteiger partial charge in [-0.15, -0.1) is 0 Å². The van der Waals surface area contributed by atoms with Crippen molar-refractivity contribution < 1.29 is 9.53 Å². The third-order valence-corrected chi connectivity index (χ3v) is 5.08. The van der Waals surface area contributed by atoms with Crippen molar-refractivity contribution in [2.75, 3.05) is 36.2 Å². The van der Waals surface area contributed by atoms with E-state index >= 15 is 0 Å². The zero-order chi connectivity index (χ0) is 21.1. The molecule has 0 saturated carbocycles. The Morgan fingerprint density at radius 1 is 1.17 bits per heavy atom. The monoisotopic (exact) mass is 403 g/mol. The SMILES string of the molecule is CNC(=O)c1cc(Oc2ccc3c(c2)NCC(Nc2cccc(C)c2)N3C)ccn1. The minimum absolute atomic E-state index is 0.126. The van der Waals surface area contributed by atoms with Crippen LogP contribution in [-0.2, 0) is 0 Å². The Morgan fingerprint density at radius 3 is 2.80 bits per heavy atom. The van der Waals surface area contributed by atoms with E-state index in [2.05, 4.69) is 64.1 Å². The molecule has 1 aromatic heterocycles. The maximum atomic E-state index is 11.8. The maximum Gasteiger partial charge on any atom is 0.269 e. The highest BCUT2D eigenvalue weighted by atomic mass is 16.5. The van der Waals surface area contributed by atoms with E-state index in [9.17, 15) is 4.79 Å². The number of rotatable bonds is 5. The molecule has 7 heteroatoms. The van der Waals surface area contributed by atoms with Gasteiger partial charge in [-0.25, -0.2) is 0 Å². The van der Waals surface area contributed by atoms with Gasteiger partial charge in [-0.2, -0.15) is 0 Å². The summed E-state index contributed by atoms with van der Waals surface area (Å²) in [5.74, 6) is 1.00. The summed E-state index contributed by atoms with van der Waals surface area (Å²) in [4.78, 5) is 18.1. The summed E-state index contributed by atoms with van der Waals surface area (Å²) in [6.45, 7) is 2.84. The predicted octanol–water partition coefficient (Wildman–Crippen LogP) is 3.84. The van der Waals surface area contributed by atoms with Crippen molar-refractivity contribution in [1.82, 2.24) is 10.3 Å². The van der Waals surface area contributed by atoms with Crippen LogP contribution in [0, 0.1) is 6.92 Å². The molecule has 7 nitrogen and oxygen atoms in total. The number of nitrogens with zero attached hydrogens (tertiary/aromatic N) is 2. The minimum atomic E-state index is -0.249. The summed E-state index contributed by atoms with van der Waals surface area (Å²) in [7, 11) is 3.65. The van der Waals surface area contributed by atoms with Gasteiger partial charge in [-0.1, -0.05) is 12.1 Å². The van der Waals surface area contributed by atoms with E-state index in [1.165, 1.54) is 5.56 Å². The average molecular weight is 403 g/mol. The number of anilines is 3. The second-order valence-corrected chi connectivity index (χ2v) is 7.26. The van der Waals surface area contributed by atoms with Crippen LogP contribution >= 0.6 is 0 Å². The van der Waals surface area contributed by atoms with Gasteiger partial charge in [-0.05, 0) is 42.8 Å². The van der Waals surface area contributed by atoms with Gasteiger partial charge in [0.25, 0.3) is 5.91 Å². The molecule has 0 spiro atoms. The Bertz CT molecular complexity index is 1070. The molecule has 0 bridgehead atoms. The quantitative estimate of drug-likeness (QED) is 0.601. The molecule has 0 fully saturated rings. The third kappa shape index (κ3) is 4.15. The number of carbonyl (C=O) groups excluding carboxylic acids is 1. The lowest BCUT2D eigenvalue weighted by Crippen LogP contribution is -2.46. The van der Waals surface area contributed by atoms with Crippen LogP contribution in [0.2, 0.25) is 0 Å². The van der Waals surface area contributed by atoms with Gasteiger partial charge in [0.2, 0.25) is 0 Å². The fourth-order valence-electron chi connectivity index (χ4n) is 3.48. The normalized spacial score (nSPS) is 15.0. The fourth-order valence-corrected chi connectivity index (χ4v) is 3.48. The predicted molar refractivity (Wildman–Crippen MR) is 120 cm³/mol. The van der Waals surface area contributed by atoms with Crippen molar-refractivity contribution in [3.05, 3.63) is 72.1 Å². The first-order valence-corrected chi connectivity index (χ1v) is 9.83. The fraction of sp³-hybridized carbons (Fsp3) is 0.217. The van der Waals surface area contributed by atoms with Crippen LogP contribution in [0.25, 0.3) is 0 Å². The molecule has 1 aliphatic rings. The van der Waals surface area contributed by atoms with Crippen molar-refractivity contribution in [1.29, 1.82) is 0 Å². The number of benzene rings is 2. The molecule has 3 N–H and O–H groups in total. The number of pyridine rings is 1. The number of amides is 1. The molecule has 1 amide bonds. The smallest absolute Gasteiger partial charge is 0.269 e. The van der Waals surface area contributed by atoms with Crippen molar-refractivity contribution in [3.63, 3.8) is 0 Å². The van der Waals surface area contributed by atoms with Crippen molar-refractivity contribution in [2.24, 2.45) is 0 Å². The Hall–Kier alpha value is -3.74. The molecule has 1 unspecified atom stereocenters. The number of aryl methyl sites for hydroxylation is 1. The Labute approximate surface area is 176 Å². The van der Waals surface area contributed by atoms with Crippen LogP contribution in [0.3, 0.4) is 0 Å². The van der Waals surface area contributed by atoms with Crippen LogP contribution in [0.4, 0.5) is 17.1 Å². The van der Waals surface area contributed by atoms with Crippen LogP contribution in [0.1, 0.15) is 16.1 Å². The second kappa shape index (κ2) is 8.32. The lowest BCUT2D eigenvalue weighted by Gasteiger charge is -2.37. The van der Waals surface area contributed by atoms with E-state index < -0.39 is 0 Å². The molecule has 2 aromatic carbocycles. The van der Waals surface area contributed by atoms with Crippen LogP contribution in [-0.4, -0.2) is 37.7 Å². The summed E-state index contributed by atoms with van der Waals surface area (Å²) < 4.78 is 5.96. The zero-order valence-corrected chi connectivity index (χ0v) is 17.3. The number of aromatic nitrogens is 1. The summed E-state index contributed by atoms with van der Waals surface area (Å²) in [5.41, 5.74) is 4.72. The first-order valence-electron chi connectivity index (χ1n) is 9.83. The van der Waals surface area contributed by atoms with Crippen molar-refractivity contribution in [2.45, 2.75) is 13.1 Å². The molecule has 154 valence electrons. The summed E-state index contributed by atoms with van der Waals surface area (Å²) >= 11 is 0. The highest BCUT2D eigenvalue weighted by Crippen LogP contribution is 2.35. The average Bonchev–Trinajstić information content (AvgIpc) is 2.75. The third-order valence-electron chi connectivity index (χ3n) is 5.08. The molecular formula is C23H25N5O2. The second-order valence-electron chi connectivity index (χ2n) is 7.26. The Balaban J connectivity index is 1.49. The topological polar surface area (TPSA) is 78.5 Å². The first-order chi connectivity index (χ1) is 14.5. The molecule has 2 heterocycles. The number of carbonyl (C=O) groups is 1. The molecule has 1 aliphatic heterocycles. The standard InChI is InChI=1S/C23H25N5O2/c1-15-5-4-6-16(11-15)27-22-14-26-19-12-17(7-8-21(19)28(22)3)30-18-9-10-25-20(13-18)23(29)24-2/h4-13,22,26-27H,14H2,1-3H3,(H,24,29). The Kier molecular flexibility index (Phi) is 5.43. The Morgan fingerprint density at radius 2 is 2.00 bits per heavy atom.